The lowest BCUT2D eigenvalue weighted by molar-refractivity contribution is -0.244. The van der Waals surface area contributed by atoms with Crippen LogP contribution >= 0.6 is 0 Å². The van der Waals surface area contributed by atoms with E-state index in [0.29, 0.717) is 55.0 Å². The molecule has 0 bridgehead atoms. The third-order valence-corrected chi connectivity index (χ3v) is 16.8. The summed E-state index contributed by atoms with van der Waals surface area (Å²) in [6.45, 7) is 14.2. The molecular formula is C66H86N8O18. The third kappa shape index (κ3) is 19.1. The summed E-state index contributed by atoms with van der Waals surface area (Å²) in [5.74, 6) is -5.05. The van der Waals surface area contributed by atoms with Gasteiger partial charge in [-0.3, -0.25) is 33.7 Å². The van der Waals surface area contributed by atoms with E-state index >= 15 is 4.79 Å². The van der Waals surface area contributed by atoms with E-state index in [4.69, 9.17) is 42.6 Å². The molecule has 26 nitrogen and oxygen atoms in total. The molecule has 8 rings (SSSR count). The average Bonchev–Trinajstić information content (AvgIpc) is 0.894. The first-order chi connectivity index (χ1) is 43.8. The second kappa shape index (κ2) is 31.2. The molecule has 3 N–H and O–H groups in total. The number of amides is 4. The highest BCUT2D eigenvalue weighted by molar-refractivity contribution is 5.95. The second-order valence-electron chi connectivity index (χ2n) is 25.2. The molecule has 1 aliphatic carbocycles. The van der Waals surface area contributed by atoms with Gasteiger partial charge in [-0.15, -0.1) is 5.10 Å². The van der Waals surface area contributed by atoms with Crippen LogP contribution in [0.25, 0.3) is 0 Å². The van der Waals surface area contributed by atoms with E-state index in [2.05, 4.69) is 31.2 Å². The number of hydrogen-bond acceptors (Lipinski definition) is 21. The standard InChI is InChI=1S/C66H86N8O18/c1-41-30-51(31-42(2)57(41)89-45(5)77)60(80)67-34-54(88-44(4)76)58(90-46(6)78)59-56(69-55(79)36-74-35-52(70-71-74)50-22-20-47(21-23-50)33-68-62(82)86-38-49-18-14-11-15-19-49)53(87-43(3)75)32-66(91-59,61(81)85-37-48-16-12-10-13-17-48)25-27-73-28-29-84-40-65(73)24-26-72(39-65)63(83)92-64(7,8)9/h10-19,30-31,35,47,50,53-54,56,58-59H,20-29,32-34,36-40H2,1-9H3,(H,67,80)(H,68,82)(H,69,79)/t47?,50?,53-,54+,56+,58+,59+,65-,66+/m0/s1. The van der Waals surface area contributed by atoms with Gasteiger partial charge >= 0.3 is 42.0 Å². The maximum absolute atomic E-state index is 15.5. The molecule has 1 saturated carbocycles. The van der Waals surface area contributed by atoms with Gasteiger partial charge in [0.15, 0.2) is 17.8 Å². The lowest BCUT2D eigenvalue weighted by Gasteiger charge is -2.50. The van der Waals surface area contributed by atoms with Crippen LogP contribution < -0.4 is 20.7 Å². The van der Waals surface area contributed by atoms with Gasteiger partial charge < -0.3 is 63.5 Å². The fraction of sp³-hybridized carbons (Fsp3) is 0.561. The van der Waals surface area contributed by atoms with Gasteiger partial charge in [-0.1, -0.05) is 65.9 Å². The van der Waals surface area contributed by atoms with Crippen molar-refractivity contribution in [1.82, 2.24) is 40.7 Å². The maximum Gasteiger partial charge on any atom is 0.410 e. The van der Waals surface area contributed by atoms with Crippen LogP contribution in [-0.4, -0.2) is 178 Å². The van der Waals surface area contributed by atoms with E-state index in [-0.39, 0.29) is 62.5 Å². The van der Waals surface area contributed by atoms with Crippen LogP contribution in [0.3, 0.4) is 0 Å². The zero-order valence-electron chi connectivity index (χ0n) is 53.9. The first-order valence-corrected chi connectivity index (χ1v) is 31.2. The molecule has 4 aliphatic rings. The Kier molecular flexibility index (Phi) is 23.6. The maximum atomic E-state index is 15.5. The van der Waals surface area contributed by atoms with E-state index in [1.165, 1.54) is 23.7 Å². The van der Waals surface area contributed by atoms with Crippen molar-refractivity contribution in [1.29, 1.82) is 0 Å². The molecular weight excluding hydrogens is 1190 g/mol. The third-order valence-electron chi connectivity index (χ3n) is 16.8. The number of esters is 5. The Balaban J connectivity index is 1.11. The number of carbonyl (C=O) groups is 9. The topological polar surface area (TPSA) is 310 Å². The van der Waals surface area contributed by atoms with E-state index in [1.807, 2.05) is 30.3 Å². The minimum atomic E-state index is -2.12. The summed E-state index contributed by atoms with van der Waals surface area (Å²) in [5, 5.41) is 17.3. The quantitative estimate of drug-likeness (QED) is 0.0429. The largest absolute Gasteiger partial charge is 0.460 e. The number of likely N-dealkylation sites (tertiary alicyclic amines) is 1. The summed E-state index contributed by atoms with van der Waals surface area (Å²) < 4.78 is 55.5. The number of nitrogens with zero attached hydrogens (tertiary/aromatic N) is 5. The SMILES string of the molecule is CC(=O)Oc1c(C)cc(C(=O)NC[C@@H](OC(C)=O)[C@@H](OC(C)=O)[C@@H]2O[C@@](CCN3CCOC[C@@]34CCN(C(=O)OC(C)(C)C)C4)(C(=O)OCc3ccccc3)C[C@H](OC(C)=O)[C@H]2NC(=O)Cn2cc(C3CCC(CNC(=O)OCc4ccccc4)CC3)nn2)cc1C. The number of alkyl carbamates (subject to hydrolysis) is 1. The Morgan fingerprint density at radius 2 is 1.43 bits per heavy atom. The van der Waals surface area contributed by atoms with Gasteiger partial charge in [0.05, 0.1) is 37.0 Å². The molecule has 3 aliphatic heterocycles. The summed E-state index contributed by atoms with van der Waals surface area (Å²) in [7, 11) is 0. The zero-order chi connectivity index (χ0) is 66.3. The van der Waals surface area contributed by atoms with Crippen LogP contribution in [0.2, 0.25) is 0 Å². The predicted octanol–water partition coefficient (Wildman–Crippen LogP) is 6.10. The van der Waals surface area contributed by atoms with Crippen molar-refractivity contribution in [3.8, 4) is 5.75 Å². The second-order valence-corrected chi connectivity index (χ2v) is 25.2. The van der Waals surface area contributed by atoms with Gasteiger partial charge in [0, 0.05) is 90.9 Å². The Bertz CT molecular complexity index is 3240. The minimum absolute atomic E-state index is 0.00592. The van der Waals surface area contributed by atoms with Crippen molar-refractivity contribution in [2.45, 2.75) is 180 Å². The summed E-state index contributed by atoms with van der Waals surface area (Å²) >= 11 is 0. The fourth-order valence-corrected chi connectivity index (χ4v) is 12.5. The number of nitrogens with one attached hydrogen (secondary N) is 3. The molecule has 3 saturated heterocycles. The summed E-state index contributed by atoms with van der Waals surface area (Å²) in [6.07, 6.45) is -3.11. The number of rotatable bonds is 23. The van der Waals surface area contributed by atoms with Crippen LogP contribution in [0.1, 0.15) is 138 Å². The molecule has 4 aromatic rings. The zero-order valence-corrected chi connectivity index (χ0v) is 53.9. The Labute approximate surface area is 535 Å². The van der Waals surface area contributed by atoms with Crippen molar-refractivity contribution in [3.63, 3.8) is 0 Å². The number of aryl methyl sites for hydroxylation is 2. The molecule has 0 unspecified atom stereocenters. The van der Waals surface area contributed by atoms with Crippen LogP contribution in [0.5, 0.6) is 5.75 Å². The summed E-state index contributed by atoms with van der Waals surface area (Å²) in [5.41, 5.74) is -0.433. The van der Waals surface area contributed by atoms with E-state index in [9.17, 15) is 38.4 Å². The van der Waals surface area contributed by atoms with E-state index < -0.39 is 121 Å². The first kappa shape index (κ1) is 69.4. The number of aromatic nitrogens is 3. The van der Waals surface area contributed by atoms with Gasteiger partial charge in [0.25, 0.3) is 5.91 Å². The molecule has 4 amide bonds. The van der Waals surface area contributed by atoms with Crippen molar-refractivity contribution < 1.29 is 85.8 Å². The van der Waals surface area contributed by atoms with Gasteiger partial charge in [-0.05, 0) is 107 Å². The smallest absolute Gasteiger partial charge is 0.410 e. The van der Waals surface area contributed by atoms with E-state index in [1.54, 1.807) is 76.0 Å². The first-order valence-electron chi connectivity index (χ1n) is 31.2. The van der Waals surface area contributed by atoms with Gasteiger partial charge in [-0.2, -0.15) is 0 Å². The molecule has 1 spiro atoms. The monoisotopic (exact) mass is 1280 g/mol. The lowest BCUT2D eigenvalue weighted by atomic mass is 9.80. The fourth-order valence-electron chi connectivity index (χ4n) is 12.5. The Hall–Kier alpha value is -8.49. The van der Waals surface area contributed by atoms with Crippen LogP contribution in [-0.2, 0) is 86.4 Å². The summed E-state index contributed by atoms with van der Waals surface area (Å²) in [4.78, 5) is 127. The highest BCUT2D eigenvalue weighted by Gasteiger charge is 2.59. The van der Waals surface area contributed by atoms with Gasteiger partial charge in [-0.25, -0.2) is 19.1 Å². The minimum Gasteiger partial charge on any atom is -0.460 e. The van der Waals surface area contributed by atoms with Crippen LogP contribution in [0, 0.1) is 19.8 Å². The molecule has 7 atom stereocenters. The van der Waals surface area contributed by atoms with Gasteiger partial charge in [0.1, 0.15) is 43.3 Å². The number of carbonyl (C=O) groups excluding carboxylic acids is 9. The predicted molar refractivity (Wildman–Crippen MR) is 328 cm³/mol. The van der Waals surface area contributed by atoms with Crippen LogP contribution in [0.15, 0.2) is 79.0 Å². The molecule has 26 heteroatoms. The number of benzene rings is 3. The Morgan fingerprint density at radius 1 is 0.783 bits per heavy atom. The molecule has 4 fully saturated rings. The van der Waals surface area contributed by atoms with Gasteiger partial charge in [0.2, 0.25) is 5.91 Å². The lowest BCUT2D eigenvalue weighted by Crippen LogP contribution is -2.70. The van der Waals surface area contributed by atoms with Crippen molar-refractivity contribution >= 4 is 53.8 Å². The Morgan fingerprint density at radius 3 is 2.05 bits per heavy atom. The average molecular weight is 1280 g/mol. The van der Waals surface area contributed by atoms with Crippen molar-refractivity contribution in [2.75, 3.05) is 52.5 Å². The summed E-state index contributed by atoms with van der Waals surface area (Å²) in [6, 6.07) is 19.7. The highest BCUT2D eigenvalue weighted by atomic mass is 16.6. The van der Waals surface area contributed by atoms with E-state index in [0.717, 1.165) is 52.0 Å². The number of ether oxygens (including phenoxy) is 9. The molecule has 92 heavy (non-hydrogen) atoms. The number of hydrogen-bond donors (Lipinski definition) is 3. The van der Waals surface area contributed by atoms with Crippen molar-refractivity contribution in [3.05, 3.63) is 113 Å². The molecule has 498 valence electrons. The normalized spacial score (nSPS) is 23.0. The molecule has 3 aromatic carbocycles. The molecule has 0 radical (unpaired) electrons. The molecule has 4 heterocycles. The highest BCUT2D eigenvalue weighted by Crippen LogP contribution is 2.41. The molecule has 1 aromatic heterocycles. The number of morpholine rings is 1. The van der Waals surface area contributed by atoms with Crippen molar-refractivity contribution in [2.24, 2.45) is 5.92 Å². The van der Waals surface area contributed by atoms with Crippen LogP contribution in [0.4, 0.5) is 9.59 Å².